The van der Waals surface area contributed by atoms with Gasteiger partial charge in [0.2, 0.25) is 0 Å². The molecule has 2 aromatic rings. The Morgan fingerprint density at radius 2 is 2.41 bits per heavy atom. The van der Waals surface area contributed by atoms with Crippen molar-refractivity contribution >= 4 is 0 Å². The number of hydrogen-bond donors (Lipinski definition) is 1. The largest absolute Gasteiger partial charge is 0.385 e. The van der Waals surface area contributed by atoms with Crippen molar-refractivity contribution < 1.29 is 9.26 Å². The fourth-order valence-corrected chi connectivity index (χ4v) is 1.42. The lowest BCUT2D eigenvalue weighted by Gasteiger charge is -1.93. The van der Waals surface area contributed by atoms with Crippen LogP contribution in [0.5, 0.6) is 0 Å². The predicted molar refractivity (Wildman–Crippen MR) is 59.0 cm³/mol. The molecule has 17 heavy (non-hydrogen) atoms. The third-order valence-electron chi connectivity index (χ3n) is 2.25. The van der Waals surface area contributed by atoms with E-state index in [9.17, 15) is 0 Å². The average molecular weight is 232 g/mol. The Labute approximate surface area is 98.2 Å². The summed E-state index contributed by atoms with van der Waals surface area (Å²) in [4.78, 5) is 7.10. The molecule has 0 radical (unpaired) electrons. The van der Waals surface area contributed by atoms with E-state index < -0.39 is 0 Å². The molecule has 0 aliphatic rings. The van der Waals surface area contributed by atoms with Crippen LogP contribution in [0, 0.1) is 11.3 Å². The van der Waals surface area contributed by atoms with Crippen molar-refractivity contribution in [3.63, 3.8) is 0 Å². The molecule has 0 saturated heterocycles. The first-order valence-electron chi connectivity index (χ1n) is 5.24. The SMILES string of the molecule is COCCCc1noc(-c2ccc(C#N)[nH]2)n1. The Balaban J connectivity index is 2.05. The van der Waals surface area contributed by atoms with Gasteiger partial charge in [-0.25, -0.2) is 0 Å². The summed E-state index contributed by atoms with van der Waals surface area (Å²) < 4.78 is 10.0. The Kier molecular flexibility index (Phi) is 3.52. The van der Waals surface area contributed by atoms with E-state index in [4.69, 9.17) is 14.5 Å². The number of rotatable bonds is 5. The summed E-state index contributed by atoms with van der Waals surface area (Å²) >= 11 is 0. The topological polar surface area (TPSA) is 87.7 Å². The zero-order chi connectivity index (χ0) is 12.1. The molecule has 88 valence electrons. The summed E-state index contributed by atoms with van der Waals surface area (Å²) in [5, 5.41) is 12.5. The lowest BCUT2D eigenvalue weighted by atomic mass is 10.3. The zero-order valence-electron chi connectivity index (χ0n) is 9.43. The molecule has 2 rings (SSSR count). The fourth-order valence-electron chi connectivity index (χ4n) is 1.42. The minimum atomic E-state index is 0.402. The molecule has 0 aromatic carbocycles. The maximum Gasteiger partial charge on any atom is 0.274 e. The number of nitriles is 1. The van der Waals surface area contributed by atoms with Gasteiger partial charge in [-0.15, -0.1) is 0 Å². The highest BCUT2D eigenvalue weighted by atomic mass is 16.5. The smallest absolute Gasteiger partial charge is 0.274 e. The highest BCUT2D eigenvalue weighted by molar-refractivity contribution is 5.49. The quantitative estimate of drug-likeness (QED) is 0.789. The molecule has 2 aromatic heterocycles. The summed E-state index contributed by atoms with van der Waals surface area (Å²) in [6.45, 7) is 0.672. The highest BCUT2D eigenvalue weighted by Crippen LogP contribution is 2.16. The standard InChI is InChI=1S/C11H12N4O2/c1-16-6-2-3-10-14-11(17-15-10)9-5-4-8(7-12)13-9/h4-5,13H,2-3,6H2,1H3. The Bertz CT molecular complexity index is 524. The van der Waals surface area contributed by atoms with E-state index in [0.29, 0.717) is 36.1 Å². The normalized spacial score (nSPS) is 10.4. The number of nitrogens with zero attached hydrogens (tertiary/aromatic N) is 3. The summed E-state index contributed by atoms with van der Waals surface area (Å²) in [6, 6.07) is 5.42. The molecular weight excluding hydrogens is 220 g/mol. The molecule has 2 heterocycles. The summed E-state index contributed by atoms with van der Waals surface area (Å²) in [5.41, 5.74) is 1.13. The molecular formula is C11H12N4O2. The van der Waals surface area contributed by atoms with Crippen molar-refractivity contribution in [2.24, 2.45) is 0 Å². The van der Waals surface area contributed by atoms with Crippen LogP contribution < -0.4 is 0 Å². The van der Waals surface area contributed by atoms with Crippen LogP contribution in [0.2, 0.25) is 0 Å². The second-order valence-corrected chi connectivity index (χ2v) is 3.51. The number of aromatic nitrogens is 3. The van der Waals surface area contributed by atoms with Gasteiger partial charge in [-0.2, -0.15) is 10.2 Å². The van der Waals surface area contributed by atoms with E-state index in [1.165, 1.54) is 0 Å². The van der Waals surface area contributed by atoms with Gasteiger partial charge in [0, 0.05) is 20.1 Å². The van der Waals surface area contributed by atoms with Crippen LogP contribution in [0.25, 0.3) is 11.6 Å². The second kappa shape index (κ2) is 5.27. The van der Waals surface area contributed by atoms with Gasteiger partial charge in [-0.1, -0.05) is 5.16 Å². The Morgan fingerprint density at radius 3 is 3.12 bits per heavy atom. The van der Waals surface area contributed by atoms with Crippen LogP contribution in [0.1, 0.15) is 17.9 Å². The summed E-state index contributed by atoms with van der Waals surface area (Å²) in [5.74, 6) is 1.05. The second-order valence-electron chi connectivity index (χ2n) is 3.51. The summed E-state index contributed by atoms with van der Waals surface area (Å²) in [7, 11) is 1.66. The molecule has 0 unspecified atom stereocenters. The first kappa shape index (κ1) is 11.4. The van der Waals surface area contributed by atoms with Crippen molar-refractivity contribution in [1.82, 2.24) is 15.1 Å². The number of hydrogen-bond acceptors (Lipinski definition) is 5. The van der Waals surface area contributed by atoms with Crippen LogP contribution >= 0.6 is 0 Å². The average Bonchev–Trinajstić information content (AvgIpc) is 2.97. The maximum atomic E-state index is 8.68. The number of nitrogens with one attached hydrogen (secondary N) is 1. The van der Waals surface area contributed by atoms with E-state index in [-0.39, 0.29) is 0 Å². The Hall–Kier alpha value is -2.13. The molecule has 0 fully saturated rings. The zero-order valence-corrected chi connectivity index (χ0v) is 9.43. The van der Waals surface area contributed by atoms with E-state index >= 15 is 0 Å². The lowest BCUT2D eigenvalue weighted by Crippen LogP contribution is -1.94. The lowest BCUT2D eigenvalue weighted by molar-refractivity contribution is 0.194. The molecule has 1 N–H and O–H groups in total. The Morgan fingerprint density at radius 1 is 1.53 bits per heavy atom. The van der Waals surface area contributed by atoms with Crippen LogP contribution in [0.4, 0.5) is 0 Å². The highest BCUT2D eigenvalue weighted by Gasteiger charge is 2.10. The predicted octanol–water partition coefficient (Wildman–Crippen LogP) is 1.52. The first-order valence-corrected chi connectivity index (χ1v) is 5.24. The molecule has 0 aliphatic carbocycles. The van der Waals surface area contributed by atoms with Crippen molar-refractivity contribution in [1.29, 1.82) is 5.26 Å². The fraction of sp³-hybridized carbons (Fsp3) is 0.364. The van der Waals surface area contributed by atoms with Gasteiger partial charge in [0.15, 0.2) is 5.82 Å². The van der Waals surface area contributed by atoms with Gasteiger partial charge in [0.25, 0.3) is 5.89 Å². The van der Waals surface area contributed by atoms with Crippen molar-refractivity contribution in [3.8, 4) is 17.7 Å². The molecule has 0 bridgehead atoms. The molecule has 0 atom stereocenters. The van der Waals surface area contributed by atoms with Crippen LogP contribution in [-0.2, 0) is 11.2 Å². The van der Waals surface area contributed by atoms with Gasteiger partial charge in [-0.3, -0.25) is 0 Å². The molecule has 0 spiro atoms. The molecule has 6 nitrogen and oxygen atoms in total. The van der Waals surface area contributed by atoms with Crippen LogP contribution in [0.3, 0.4) is 0 Å². The molecule has 6 heteroatoms. The number of ether oxygens (including phenoxy) is 1. The van der Waals surface area contributed by atoms with Crippen molar-refractivity contribution in [2.45, 2.75) is 12.8 Å². The van der Waals surface area contributed by atoms with Crippen LogP contribution in [0.15, 0.2) is 16.7 Å². The van der Waals surface area contributed by atoms with Crippen molar-refractivity contribution in [2.75, 3.05) is 13.7 Å². The van der Waals surface area contributed by atoms with Crippen LogP contribution in [-0.4, -0.2) is 28.8 Å². The molecule has 0 saturated carbocycles. The first-order chi connectivity index (χ1) is 8.33. The van der Waals surface area contributed by atoms with Gasteiger partial charge >= 0.3 is 0 Å². The third-order valence-corrected chi connectivity index (χ3v) is 2.25. The molecule has 0 amide bonds. The minimum absolute atomic E-state index is 0.402. The van der Waals surface area contributed by atoms with Gasteiger partial charge in [0.05, 0.1) is 0 Å². The van der Waals surface area contributed by atoms with Gasteiger partial charge < -0.3 is 14.2 Å². The van der Waals surface area contributed by atoms with Gasteiger partial charge in [0.1, 0.15) is 17.5 Å². The number of H-pyrrole nitrogens is 1. The van der Waals surface area contributed by atoms with Gasteiger partial charge in [-0.05, 0) is 18.6 Å². The van der Waals surface area contributed by atoms with E-state index in [0.717, 1.165) is 6.42 Å². The van der Waals surface area contributed by atoms with E-state index in [1.54, 1.807) is 19.2 Å². The minimum Gasteiger partial charge on any atom is -0.385 e. The van der Waals surface area contributed by atoms with E-state index in [2.05, 4.69) is 15.1 Å². The van der Waals surface area contributed by atoms with E-state index in [1.807, 2.05) is 6.07 Å². The van der Waals surface area contributed by atoms with Crippen molar-refractivity contribution in [3.05, 3.63) is 23.7 Å². The maximum absolute atomic E-state index is 8.68. The molecule has 0 aliphatic heterocycles. The number of methoxy groups -OCH3 is 1. The monoisotopic (exact) mass is 232 g/mol. The summed E-state index contributed by atoms with van der Waals surface area (Å²) in [6.07, 6.45) is 1.56. The number of aromatic amines is 1. The number of aryl methyl sites for hydroxylation is 1. The third kappa shape index (κ3) is 2.71.